The fourth-order valence-electron chi connectivity index (χ4n) is 2.19. The second-order valence-electron chi connectivity index (χ2n) is 4.24. The number of rotatable bonds is 3. The number of hydrogen-bond donors (Lipinski definition) is 0. The Bertz CT molecular complexity index is 750. The van der Waals surface area contributed by atoms with Gasteiger partial charge in [0.2, 0.25) is 0 Å². The van der Waals surface area contributed by atoms with Crippen LogP contribution in [-0.4, -0.2) is 20.4 Å². The van der Waals surface area contributed by atoms with E-state index in [-0.39, 0.29) is 5.69 Å². The smallest absolute Gasteiger partial charge is 0.150 e. The van der Waals surface area contributed by atoms with Crippen LogP contribution in [0.3, 0.4) is 0 Å². The molecule has 0 saturated heterocycles. The van der Waals surface area contributed by atoms with E-state index in [2.05, 4.69) is 9.97 Å². The monoisotopic (exact) mass is 293 g/mol. The zero-order valence-corrected chi connectivity index (χ0v) is 11.1. The van der Waals surface area contributed by atoms with Crippen LogP contribution in [0.4, 0.5) is 8.78 Å². The second-order valence-corrected chi connectivity index (χ2v) is 4.62. The SMILES string of the molecule is Fc1cccc(F)c1-n1c(CCCl)nc2cnccc21. The highest BCUT2D eigenvalue weighted by molar-refractivity contribution is 6.17. The van der Waals surface area contributed by atoms with E-state index in [1.54, 1.807) is 18.5 Å². The molecule has 102 valence electrons. The largest absolute Gasteiger partial charge is 0.291 e. The van der Waals surface area contributed by atoms with Crippen LogP contribution in [0, 0.1) is 11.6 Å². The topological polar surface area (TPSA) is 30.7 Å². The lowest BCUT2D eigenvalue weighted by Crippen LogP contribution is -2.06. The number of nitrogens with zero attached hydrogens (tertiary/aromatic N) is 3. The first-order chi connectivity index (χ1) is 9.72. The van der Waals surface area contributed by atoms with Gasteiger partial charge in [0.1, 0.15) is 28.7 Å². The molecule has 0 radical (unpaired) electrons. The minimum Gasteiger partial charge on any atom is -0.291 e. The molecule has 0 N–H and O–H groups in total. The first kappa shape index (κ1) is 13.0. The summed E-state index contributed by atoms with van der Waals surface area (Å²) in [5, 5.41) is 0. The number of aromatic nitrogens is 3. The average molecular weight is 294 g/mol. The lowest BCUT2D eigenvalue weighted by molar-refractivity contribution is 0.568. The molecule has 0 bridgehead atoms. The first-order valence-corrected chi connectivity index (χ1v) is 6.57. The van der Waals surface area contributed by atoms with Crippen LogP contribution >= 0.6 is 11.6 Å². The summed E-state index contributed by atoms with van der Waals surface area (Å²) >= 11 is 5.75. The van der Waals surface area contributed by atoms with E-state index in [0.29, 0.717) is 29.2 Å². The van der Waals surface area contributed by atoms with Crippen LogP contribution in [-0.2, 0) is 6.42 Å². The molecule has 3 nitrogen and oxygen atoms in total. The number of para-hydroxylation sites is 1. The first-order valence-electron chi connectivity index (χ1n) is 6.04. The van der Waals surface area contributed by atoms with Crippen LogP contribution in [0.5, 0.6) is 0 Å². The molecule has 0 fully saturated rings. The molecule has 0 unspecified atom stereocenters. The van der Waals surface area contributed by atoms with E-state index < -0.39 is 11.6 Å². The molecule has 2 heterocycles. The maximum Gasteiger partial charge on any atom is 0.150 e. The molecular formula is C14H10ClF2N3. The van der Waals surface area contributed by atoms with E-state index in [1.807, 2.05) is 0 Å². The lowest BCUT2D eigenvalue weighted by atomic mass is 10.2. The maximum atomic E-state index is 14.0. The van der Waals surface area contributed by atoms with Crippen LogP contribution in [0.15, 0.2) is 36.7 Å². The fraction of sp³-hybridized carbons (Fsp3) is 0.143. The van der Waals surface area contributed by atoms with Gasteiger partial charge in [-0.1, -0.05) is 6.07 Å². The number of hydrogen-bond acceptors (Lipinski definition) is 2. The van der Waals surface area contributed by atoms with Gasteiger partial charge in [0.15, 0.2) is 0 Å². The lowest BCUT2D eigenvalue weighted by Gasteiger charge is -2.10. The number of benzene rings is 1. The molecule has 3 aromatic rings. The molecule has 0 aliphatic heterocycles. The molecule has 0 spiro atoms. The number of imidazole rings is 1. The zero-order valence-electron chi connectivity index (χ0n) is 10.4. The van der Waals surface area contributed by atoms with E-state index in [9.17, 15) is 8.78 Å². The average Bonchev–Trinajstić information content (AvgIpc) is 2.78. The number of fused-ring (bicyclic) bond motifs is 1. The van der Waals surface area contributed by atoms with E-state index >= 15 is 0 Å². The van der Waals surface area contributed by atoms with Crippen LogP contribution in [0.1, 0.15) is 5.82 Å². The van der Waals surface area contributed by atoms with Crippen molar-refractivity contribution in [2.75, 3.05) is 5.88 Å². The van der Waals surface area contributed by atoms with E-state index in [4.69, 9.17) is 11.6 Å². The fourth-order valence-corrected chi connectivity index (χ4v) is 2.36. The molecule has 0 aliphatic carbocycles. The molecule has 0 saturated carbocycles. The minimum absolute atomic E-state index is 0.138. The molecule has 3 rings (SSSR count). The van der Waals surface area contributed by atoms with Gasteiger partial charge in [-0.15, -0.1) is 11.6 Å². The molecule has 0 atom stereocenters. The third-order valence-electron chi connectivity index (χ3n) is 3.01. The highest BCUT2D eigenvalue weighted by Crippen LogP contribution is 2.25. The Morgan fingerprint density at radius 2 is 1.90 bits per heavy atom. The van der Waals surface area contributed by atoms with Crippen LogP contribution in [0.2, 0.25) is 0 Å². The van der Waals surface area contributed by atoms with Crippen molar-refractivity contribution >= 4 is 22.6 Å². The van der Waals surface area contributed by atoms with Gasteiger partial charge in [-0.05, 0) is 18.2 Å². The summed E-state index contributed by atoms with van der Waals surface area (Å²) in [6.07, 6.45) is 3.52. The number of halogens is 3. The third kappa shape index (κ3) is 2.04. The summed E-state index contributed by atoms with van der Waals surface area (Å²) in [6, 6.07) is 5.44. The molecule has 20 heavy (non-hydrogen) atoms. The molecular weight excluding hydrogens is 284 g/mol. The molecule has 0 aliphatic rings. The van der Waals surface area contributed by atoms with Gasteiger partial charge in [-0.25, -0.2) is 13.8 Å². The van der Waals surface area contributed by atoms with Gasteiger partial charge in [0, 0.05) is 18.5 Å². The molecule has 1 aromatic carbocycles. The highest BCUT2D eigenvalue weighted by Gasteiger charge is 2.18. The zero-order chi connectivity index (χ0) is 14.1. The maximum absolute atomic E-state index is 14.0. The predicted octanol–water partition coefficient (Wildman–Crippen LogP) is 3.48. The Hall–Kier alpha value is -2.01. The molecule has 2 aromatic heterocycles. The van der Waals surface area contributed by atoms with Gasteiger partial charge >= 0.3 is 0 Å². The van der Waals surface area contributed by atoms with E-state index in [0.717, 1.165) is 0 Å². The number of aryl methyl sites for hydroxylation is 1. The van der Waals surface area contributed by atoms with Gasteiger partial charge in [-0.2, -0.15) is 0 Å². The third-order valence-corrected chi connectivity index (χ3v) is 3.19. The summed E-state index contributed by atoms with van der Waals surface area (Å²) in [5.74, 6) is -0.465. The predicted molar refractivity (Wildman–Crippen MR) is 73.2 cm³/mol. The van der Waals surface area contributed by atoms with Gasteiger partial charge in [0.05, 0.1) is 11.7 Å². The normalized spacial score (nSPS) is 11.2. The van der Waals surface area contributed by atoms with Crippen molar-refractivity contribution in [1.82, 2.24) is 14.5 Å². The Labute approximate surface area is 118 Å². The van der Waals surface area contributed by atoms with Crippen molar-refractivity contribution in [2.24, 2.45) is 0 Å². The Morgan fingerprint density at radius 1 is 1.15 bits per heavy atom. The summed E-state index contributed by atoms with van der Waals surface area (Å²) in [6.45, 7) is 0. The second kappa shape index (κ2) is 5.17. The summed E-state index contributed by atoms with van der Waals surface area (Å²) < 4.78 is 29.5. The quantitative estimate of drug-likeness (QED) is 0.692. The van der Waals surface area contributed by atoms with Crippen LogP contribution in [0.25, 0.3) is 16.7 Å². The van der Waals surface area contributed by atoms with Gasteiger partial charge in [0.25, 0.3) is 0 Å². The Balaban J connectivity index is 2.36. The van der Waals surface area contributed by atoms with Crippen LogP contribution < -0.4 is 0 Å². The van der Waals surface area contributed by atoms with Crippen molar-refractivity contribution in [1.29, 1.82) is 0 Å². The summed E-state index contributed by atoms with van der Waals surface area (Å²) in [4.78, 5) is 8.31. The Kier molecular flexibility index (Phi) is 3.36. The number of pyridine rings is 1. The number of alkyl halides is 1. The summed E-state index contributed by atoms with van der Waals surface area (Å²) in [5.41, 5.74) is 1.04. The standard InChI is InChI=1S/C14H10ClF2N3/c15-6-4-13-19-11-8-18-7-5-12(11)20(13)14-9(16)2-1-3-10(14)17/h1-3,5,7-8H,4,6H2. The van der Waals surface area contributed by atoms with Crippen molar-refractivity contribution in [2.45, 2.75) is 6.42 Å². The van der Waals surface area contributed by atoms with Gasteiger partial charge < -0.3 is 0 Å². The Morgan fingerprint density at radius 3 is 2.60 bits per heavy atom. The van der Waals surface area contributed by atoms with Gasteiger partial charge in [-0.3, -0.25) is 9.55 Å². The van der Waals surface area contributed by atoms with E-state index in [1.165, 1.54) is 22.8 Å². The van der Waals surface area contributed by atoms with Crippen molar-refractivity contribution in [3.05, 3.63) is 54.1 Å². The van der Waals surface area contributed by atoms with Crippen molar-refractivity contribution in [3.8, 4) is 5.69 Å². The molecule has 6 heteroatoms. The van der Waals surface area contributed by atoms with Crippen molar-refractivity contribution < 1.29 is 8.78 Å². The highest BCUT2D eigenvalue weighted by atomic mass is 35.5. The molecule has 0 amide bonds. The summed E-state index contributed by atoms with van der Waals surface area (Å²) in [7, 11) is 0. The minimum atomic E-state index is -0.642. The van der Waals surface area contributed by atoms with Crippen molar-refractivity contribution in [3.63, 3.8) is 0 Å².